The second kappa shape index (κ2) is 23.0. The second-order valence-corrected chi connectivity index (χ2v) is 0.676. The third kappa shape index (κ3) is 520. The van der Waals surface area contributed by atoms with E-state index < -0.39 is 12.2 Å². The van der Waals surface area contributed by atoms with Gasteiger partial charge in [0.25, 0.3) is 0 Å². The Morgan fingerprint density at radius 3 is 1.00 bits per heavy atom. The summed E-state index contributed by atoms with van der Waals surface area (Å²) in [4.78, 5) is 24.7. The molecule has 0 bridgehead atoms. The number of primary amides is 2. The van der Waals surface area contributed by atoms with Crippen molar-refractivity contribution in [2.45, 2.75) is 0 Å². The van der Waals surface area contributed by atoms with Gasteiger partial charge in [-0.05, 0) is 0 Å². The van der Waals surface area contributed by atoms with E-state index in [2.05, 4.69) is 11.5 Å². The lowest BCUT2D eigenvalue weighted by atomic mass is 11.3. The van der Waals surface area contributed by atoms with E-state index in [1.165, 1.54) is 0 Å². The SMILES string of the molecule is NC(=O)O.NC(=O)O.O[SiH3].S. The summed E-state index contributed by atoms with van der Waals surface area (Å²) in [5, 5.41) is 14.4. The topological polar surface area (TPSA) is 147 Å². The first-order chi connectivity index (χ1) is 4.46. The smallest absolute Gasteiger partial charge is 0.402 e. The van der Waals surface area contributed by atoms with Crippen LogP contribution >= 0.6 is 13.5 Å². The number of hydrogen-bond donors (Lipinski definition) is 5. The first-order valence-electron chi connectivity index (χ1n) is 1.88. The Balaban J connectivity index is -0.0000000339. The van der Waals surface area contributed by atoms with Crippen LogP contribution in [0.1, 0.15) is 0 Å². The molecule has 0 saturated heterocycles. The fourth-order valence-corrected chi connectivity index (χ4v) is 0. The third-order valence-electron chi connectivity index (χ3n) is 0. The zero-order chi connectivity index (χ0) is 9.15. The maximum absolute atomic E-state index is 8.78. The van der Waals surface area contributed by atoms with Crippen molar-refractivity contribution in [1.29, 1.82) is 0 Å². The highest BCUT2D eigenvalue weighted by Crippen LogP contribution is 1.35. The average Bonchev–Trinajstić information content (AvgIpc) is 1.66. The Morgan fingerprint density at radius 2 is 1.00 bits per heavy atom. The molecule has 0 aliphatic rings. The van der Waals surface area contributed by atoms with Gasteiger partial charge in [0.1, 0.15) is 10.5 Å². The molecule has 0 unspecified atom stereocenters. The molecule has 0 aromatic heterocycles. The normalized spacial score (nSPS) is 5.18. The van der Waals surface area contributed by atoms with E-state index >= 15 is 0 Å². The van der Waals surface area contributed by atoms with E-state index in [0.717, 1.165) is 0 Å². The molecule has 0 aromatic rings. The number of carbonyl (C=O) groups is 2. The lowest BCUT2D eigenvalue weighted by molar-refractivity contribution is 0.204. The van der Waals surface area contributed by atoms with Crippen LogP contribution < -0.4 is 11.5 Å². The van der Waals surface area contributed by atoms with E-state index in [0.29, 0.717) is 10.5 Å². The maximum atomic E-state index is 8.78. The van der Waals surface area contributed by atoms with Crippen molar-refractivity contribution < 1.29 is 24.6 Å². The summed E-state index contributed by atoms with van der Waals surface area (Å²) in [5.41, 5.74) is 8.06. The van der Waals surface area contributed by atoms with Crippen LogP contribution in [-0.4, -0.2) is 37.7 Å². The minimum Gasteiger partial charge on any atom is -0.465 e. The van der Waals surface area contributed by atoms with Crippen LogP contribution in [0.25, 0.3) is 0 Å². The molecular formula is C2H12N2O5SSi. The minimum absolute atomic E-state index is 0. The highest BCUT2D eigenvalue weighted by Gasteiger charge is 1.65. The van der Waals surface area contributed by atoms with Crippen molar-refractivity contribution in [1.82, 2.24) is 0 Å². The van der Waals surface area contributed by atoms with Crippen molar-refractivity contribution >= 4 is 36.2 Å². The Morgan fingerprint density at radius 1 is 1.00 bits per heavy atom. The zero-order valence-corrected chi connectivity index (χ0v) is 8.81. The number of rotatable bonds is 0. The predicted molar refractivity (Wildman–Crippen MR) is 47.0 cm³/mol. The van der Waals surface area contributed by atoms with Crippen LogP contribution in [0, 0.1) is 0 Å². The lowest BCUT2D eigenvalue weighted by Crippen LogP contribution is -2.03. The van der Waals surface area contributed by atoms with Crippen LogP contribution in [0.15, 0.2) is 0 Å². The summed E-state index contributed by atoms with van der Waals surface area (Å²) in [6.07, 6.45) is -2.67. The molecule has 9 heteroatoms. The van der Waals surface area contributed by atoms with Gasteiger partial charge in [0.15, 0.2) is 0 Å². The molecule has 0 rings (SSSR count). The largest absolute Gasteiger partial charge is 0.465 e. The minimum atomic E-state index is -1.33. The van der Waals surface area contributed by atoms with E-state index in [-0.39, 0.29) is 13.5 Å². The van der Waals surface area contributed by atoms with E-state index in [9.17, 15) is 0 Å². The van der Waals surface area contributed by atoms with Crippen LogP contribution in [0.5, 0.6) is 0 Å². The molecule has 2 amide bonds. The third-order valence-corrected chi connectivity index (χ3v) is 0. The van der Waals surface area contributed by atoms with Gasteiger partial charge in [-0.15, -0.1) is 0 Å². The molecule has 0 aliphatic carbocycles. The predicted octanol–water partition coefficient (Wildman–Crippen LogP) is -2.38. The molecule has 0 radical (unpaired) electrons. The van der Waals surface area contributed by atoms with Gasteiger partial charge >= 0.3 is 12.2 Å². The van der Waals surface area contributed by atoms with Crippen molar-refractivity contribution in [2.75, 3.05) is 0 Å². The van der Waals surface area contributed by atoms with Gasteiger partial charge in [-0.2, -0.15) is 13.5 Å². The molecule has 0 saturated carbocycles. The van der Waals surface area contributed by atoms with E-state index in [4.69, 9.17) is 24.6 Å². The fraction of sp³-hybridized carbons (Fsp3) is 0. The van der Waals surface area contributed by atoms with Crippen molar-refractivity contribution in [2.24, 2.45) is 11.5 Å². The molecule has 7 N–H and O–H groups in total. The first-order valence-corrected chi connectivity index (χ1v) is 2.77. The second-order valence-electron chi connectivity index (χ2n) is 0.676. The van der Waals surface area contributed by atoms with Crippen molar-refractivity contribution in [3.8, 4) is 0 Å². The van der Waals surface area contributed by atoms with Crippen molar-refractivity contribution in [3.63, 3.8) is 0 Å². The van der Waals surface area contributed by atoms with Crippen LogP contribution in [0.2, 0.25) is 0 Å². The van der Waals surface area contributed by atoms with Gasteiger partial charge in [-0.25, -0.2) is 9.59 Å². The lowest BCUT2D eigenvalue weighted by Gasteiger charge is -1.61. The van der Waals surface area contributed by atoms with Gasteiger partial charge in [0, 0.05) is 0 Å². The molecule has 70 valence electrons. The van der Waals surface area contributed by atoms with Gasteiger partial charge in [0.05, 0.1) is 0 Å². The summed E-state index contributed by atoms with van der Waals surface area (Å²) in [7, 11) is 0.306. The van der Waals surface area contributed by atoms with Gasteiger partial charge in [-0.3, -0.25) is 0 Å². The molecule has 0 atom stereocenters. The van der Waals surface area contributed by atoms with Crippen LogP contribution in [-0.2, 0) is 0 Å². The molecule has 0 aliphatic heterocycles. The molecule has 11 heavy (non-hydrogen) atoms. The number of carboxylic acid groups (broad SMARTS) is 2. The number of hydrogen-bond acceptors (Lipinski definition) is 3. The first kappa shape index (κ1) is 22.5. The zero-order valence-electron chi connectivity index (χ0n) is 5.81. The monoisotopic (exact) mass is 204 g/mol. The summed E-state index contributed by atoms with van der Waals surface area (Å²) >= 11 is 0. The standard InChI is InChI=1S/2CH3NO2.H4OSi.H2S/c2*2-1(3)4;1-2;/h2*2H2,(H,3,4);1H,2H3;1H2. The Kier molecular flexibility index (Phi) is 47.0. The van der Waals surface area contributed by atoms with Crippen LogP contribution in [0.3, 0.4) is 0 Å². The van der Waals surface area contributed by atoms with Crippen LogP contribution in [0.4, 0.5) is 9.59 Å². The summed E-state index contributed by atoms with van der Waals surface area (Å²) in [6, 6.07) is 0. The quantitative estimate of drug-likeness (QED) is 0.279. The fourth-order valence-electron chi connectivity index (χ4n) is 0. The summed E-state index contributed by atoms with van der Waals surface area (Å²) in [6.45, 7) is 0. The van der Waals surface area contributed by atoms with E-state index in [1.807, 2.05) is 0 Å². The maximum Gasteiger partial charge on any atom is 0.402 e. The molecule has 7 nitrogen and oxygen atoms in total. The Hall–Kier alpha value is -0.933. The molecular weight excluding hydrogens is 192 g/mol. The molecule has 0 fully saturated rings. The highest BCUT2D eigenvalue weighted by molar-refractivity contribution is 7.59. The average molecular weight is 204 g/mol. The molecule has 0 heterocycles. The van der Waals surface area contributed by atoms with Gasteiger partial charge < -0.3 is 26.5 Å². The Bertz CT molecular complexity index is 80.5. The van der Waals surface area contributed by atoms with E-state index in [1.54, 1.807) is 0 Å². The summed E-state index contributed by atoms with van der Waals surface area (Å²) in [5.74, 6) is 0. The number of amides is 2. The highest BCUT2D eigenvalue weighted by atomic mass is 32.1. The summed E-state index contributed by atoms with van der Waals surface area (Å²) < 4.78 is 0. The molecule has 0 aromatic carbocycles. The Labute approximate surface area is 73.0 Å². The van der Waals surface area contributed by atoms with Gasteiger partial charge in [0.2, 0.25) is 0 Å². The van der Waals surface area contributed by atoms with Gasteiger partial charge in [-0.1, -0.05) is 0 Å². The molecule has 0 spiro atoms. The van der Waals surface area contributed by atoms with Crippen molar-refractivity contribution in [3.05, 3.63) is 0 Å². The number of nitrogens with two attached hydrogens (primary N) is 2.